The van der Waals surface area contributed by atoms with Gasteiger partial charge in [0.05, 0.1) is 11.7 Å². The minimum Gasteiger partial charge on any atom is -0.459 e. The standard InChI is InChI=1S/C14H21NO2S/c1-9(2)17-14(16)11-8-12(18-13(11)15)10-6-4-3-5-7-10/h8-10H,3-7,15H2,1-2H3. The second-order valence-electron chi connectivity index (χ2n) is 5.22. The fourth-order valence-corrected chi connectivity index (χ4v) is 3.54. The normalized spacial score (nSPS) is 17.1. The van der Waals surface area contributed by atoms with Crippen LogP contribution in [-0.4, -0.2) is 12.1 Å². The van der Waals surface area contributed by atoms with Gasteiger partial charge in [-0.1, -0.05) is 19.3 Å². The van der Waals surface area contributed by atoms with Gasteiger partial charge < -0.3 is 10.5 Å². The SMILES string of the molecule is CC(C)OC(=O)c1cc(C2CCCCC2)sc1N. The topological polar surface area (TPSA) is 52.3 Å². The molecule has 1 aromatic rings. The van der Waals surface area contributed by atoms with E-state index in [9.17, 15) is 4.79 Å². The number of carbonyl (C=O) groups excluding carboxylic acids is 1. The Kier molecular flexibility index (Phi) is 4.27. The van der Waals surface area contributed by atoms with Gasteiger partial charge in [-0.3, -0.25) is 0 Å². The highest BCUT2D eigenvalue weighted by molar-refractivity contribution is 7.16. The van der Waals surface area contributed by atoms with Gasteiger partial charge >= 0.3 is 5.97 Å². The van der Waals surface area contributed by atoms with E-state index in [1.165, 1.54) is 37.0 Å². The fraction of sp³-hybridized carbons (Fsp3) is 0.643. The highest BCUT2D eigenvalue weighted by Gasteiger charge is 2.22. The second-order valence-corrected chi connectivity index (χ2v) is 6.33. The molecule has 1 aliphatic carbocycles. The molecule has 1 aliphatic rings. The van der Waals surface area contributed by atoms with Gasteiger partial charge in [-0.15, -0.1) is 11.3 Å². The molecule has 4 heteroatoms. The fourth-order valence-electron chi connectivity index (χ4n) is 2.45. The molecule has 18 heavy (non-hydrogen) atoms. The first kappa shape index (κ1) is 13.4. The Morgan fingerprint density at radius 2 is 2.06 bits per heavy atom. The van der Waals surface area contributed by atoms with E-state index in [4.69, 9.17) is 10.5 Å². The summed E-state index contributed by atoms with van der Waals surface area (Å²) in [6, 6.07) is 1.95. The summed E-state index contributed by atoms with van der Waals surface area (Å²) in [6.45, 7) is 3.70. The van der Waals surface area contributed by atoms with Gasteiger partial charge in [0.2, 0.25) is 0 Å². The molecule has 1 fully saturated rings. The zero-order chi connectivity index (χ0) is 13.1. The number of hydrogen-bond donors (Lipinski definition) is 1. The summed E-state index contributed by atoms with van der Waals surface area (Å²) in [5.74, 6) is 0.299. The summed E-state index contributed by atoms with van der Waals surface area (Å²) < 4.78 is 5.21. The summed E-state index contributed by atoms with van der Waals surface area (Å²) >= 11 is 1.55. The molecule has 0 bridgehead atoms. The molecule has 0 saturated heterocycles. The number of rotatable bonds is 3. The molecule has 2 N–H and O–H groups in total. The van der Waals surface area contributed by atoms with Gasteiger partial charge in [-0.2, -0.15) is 0 Å². The minimum absolute atomic E-state index is 0.102. The zero-order valence-corrected chi connectivity index (χ0v) is 11.9. The van der Waals surface area contributed by atoms with Gasteiger partial charge in [0.1, 0.15) is 5.00 Å². The number of anilines is 1. The Bertz CT molecular complexity index is 419. The third kappa shape index (κ3) is 3.05. The molecule has 1 aromatic heterocycles. The number of nitrogen functional groups attached to an aromatic ring is 1. The first-order chi connectivity index (χ1) is 8.58. The summed E-state index contributed by atoms with van der Waals surface area (Å²) in [5.41, 5.74) is 6.49. The predicted octanol–water partition coefficient (Wildman–Crippen LogP) is 3.94. The van der Waals surface area contributed by atoms with Gasteiger partial charge in [-0.05, 0) is 38.7 Å². The van der Waals surface area contributed by atoms with Crippen molar-refractivity contribution >= 4 is 22.3 Å². The van der Waals surface area contributed by atoms with Crippen LogP contribution in [0, 0.1) is 0 Å². The van der Waals surface area contributed by atoms with Crippen molar-refractivity contribution in [1.82, 2.24) is 0 Å². The summed E-state index contributed by atoms with van der Waals surface area (Å²) in [7, 11) is 0. The van der Waals surface area contributed by atoms with E-state index in [0.29, 0.717) is 16.5 Å². The molecule has 0 aromatic carbocycles. The van der Waals surface area contributed by atoms with Crippen molar-refractivity contribution < 1.29 is 9.53 Å². The van der Waals surface area contributed by atoms with E-state index in [-0.39, 0.29) is 12.1 Å². The highest BCUT2D eigenvalue weighted by atomic mass is 32.1. The molecule has 0 spiro atoms. The lowest BCUT2D eigenvalue weighted by Gasteiger charge is -2.19. The van der Waals surface area contributed by atoms with Crippen molar-refractivity contribution in [2.75, 3.05) is 5.73 Å². The second kappa shape index (κ2) is 5.74. The lowest BCUT2D eigenvalue weighted by molar-refractivity contribution is 0.0379. The first-order valence-corrected chi connectivity index (χ1v) is 7.49. The molecule has 0 unspecified atom stereocenters. The minimum atomic E-state index is -0.291. The Morgan fingerprint density at radius 3 is 2.67 bits per heavy atom. The van der Waals surface area contributed by atoms with Gasteiger partial charge in [0, 0.05) is 4.88 Å². The largest absolute Gasteiger partial charge is 0.459 e. The smallest absolute Gasteiger partial charge is 0.341 e. The van der Waals surface area contributed by atoms with Crippen LogP contribution in [-0.2, 0) is 4.74 Å². The van der Waals surface area contributed by atoms with E-state index in [0.717, 1.165) is 0 Å². The average Bonchev–Trinajstić information content (AvgIpc) is 2.72. The van der Waals surface area contributed by atoms with Gasteiger partial charge in [0.25, 0.3) is 0 Å². The molecule has 0 amide bonds. The van der Waals surface area contributed by atoms with Gasteiger partial charge in [-0.25, -0.2) is 4.79 Å². The van der Waals surface area contributed by atoms with Crippen LogP contribution < -0.4 is 5.73 Å². The molecule has 1 heterocycles. The highest BCUT2D eigenvalue weighted by Crippen LogP contribution is 2.39. The van der Waals surface area contributed by atoms with Crippen LogP contribution in [0.2, 0.25) is 0 Å². The number of esters is 1. The first-order valence-electron chi connectivity index (χ1n) is 6.68. The van der Waals surface area contributed by atoms with Crippen LogP contribution in [0.5, 0.6) is 0 Å². The van der Waals surface area contributed by atoms with Crippen LogP contribution >= 0.6 is 11.3 Å². The number of hydrogen-bond acceptors (Lipinski definition) is 4. The molecule has 0 atom stereocenters. The molecule has 100 valence electrons. The Morgan fingerprint density at radius 1 is 1.39 bits per heavy atom. The molecule has 1 saturated carbocycles. The van der Waals surface area contributed by atoms with Crippen molar-refractivity contribution in [2.45, 2.75) is 58.0 Å². The Labute approximate surface area is 112 Å². The number of ether oxygens (including phenoxy) is 1. The van der Waals surface area contributed by atoms with E-state index in [2.05, 4.69) is 0 Å². The average molecular weight is 267 g/mol. The van der Waals surface area contributed by atoms with Crippen molar-refractivity contribution in [3.8, 4) is 0 Å². The van der Waals surface area contributed by atoms with Crippen molar-refractivity contribution in [3.63, 3.8) is 0 Å². The van der Waals surface area contributed by atoms with E-state index >= 15 is 0 Å². The molecular weight excluding hydrogens is 246 g/mol. The zero-order valence-electron chi connectivity index (χ0n) is 11.1. The number of nitrogens with two attached hydrogens (primary N) is 1. The molecular formula is C14H21NO2S. The van der Waals surface area contributed by atoms with Crippen molar-refractivity contribution in [3.05, 3.63) is 16.5 Å². The van der Waals surface area contributed by atoms with E-state index in [1.54, 1.807) is 11.3 Å². The molecule has 2 rings (SSSR count). The lowest BCUT2D eigenvalue weighted by Crippen LogP contribution is -2.12. The van der Waals surface area contributed by atoms with Crippen molar-refractivity contribution in [2.24, 2.45) is 0 Å². The molecule has 0 aliphatic heterocycles. The summed E-state index contributed by atoms with van der Waals surface area (Å²) in [4.78, 5) is 13.1. The maximum absolute atomic E-state index is 11.9. The van der Waals surface area contributed by atoms with Gasteiger partial charge in [0.15, 0.2) is 0 Å². The van der Waals surface area contributed by atoms with Crippen LogP contribution in [0.4, 0.5) is 5.00 Å². The third-order valence-electron chi connectivity index (χ3n) is 3.35. The Hall–Kier alpha value is -1.03. The third-order valence-corrected chi connectivity index (χ3v) is 4.48. The maximum Gasteiger partial charge on any atom is 0.341 e. The number of carbonyl (C=O) groups is 1. The molecule has 0 radical (unpaired) electrons. The van der Waals surface area contributed by atoms with Crippen LogP contribution in [0.3, 0.4) is 0 Å². The monoisotopic (exact) mass is 267 g/mol. The predicted molar refractivity (Wildman–Crippen MR) is 75.1 cm³/mol. The maximum atomic E-state index is 11.9. The lowest BCUT2D eigenvalue weighted by atomic mass is 9.88. The summed E-state index contributed by atoms with van der Waals surface area (Å²) in [6.07, 6.45) is 6.24. The van der Waals surface area contributed by atoms with Crippen LogP contribution in [0.15, 0.2) is 6.07 Å². The van der Waals surface area contributed by atoms with E-state index < -0.39 is 0 Å². The van der Waals surface area contributed by atoms with E-state index in [1.807, 2.05) is 19.9 Å². The van der Waals surface area contributed by atoms with Crippen LogP contribution in [0.25, 0.3) is 0 Å². The van der Waals surface area contributed by atoms with Crippen LogP contribution in [0.1, 0.15) is 67.1 Å². The quantitative estimate of drug-likeness (QED) is 0.844. The molecule has 3 nitrogen and oxygen atoms in total. The summed E-state index contributed by atoms with van der Waals surface area (Å²) in [5, 5.41) is 0.598. The Balaban J connectivity index is 2.13. The van der Waals surface area contributed by atoms with Crippen molar-refractivity contribution in [1.29, 1.82) is 0 Å². The number of thiophene rings is 1.